The summed E-state index contributed by atoms with van der Waals surface area (Å²) in [6.07, 6.45) is 0. The van der Waals surface area contributed by atoms with Crippen LogP contribution in [0.15, 0.2) is 42.5 Å². The lowest BCUT2D eigenvalue weighted by Crippen LogP contribution is -2.11. The molecule has 5 heteroatoms. The molecule has 0 saturated heterocycles. The van der Waals surface area contributed by atoms with E-state index in [0.29, 0.717) is 5.69 Å². The van der Waals surface area contributed by atoms with Crippen LogP contribution in [0.1, 0.15) is 15.9 Å². The molecule has 0 spiro atoms. The minimum absolute atomic E-state index is 0.0992. The highest BCUT2D eigenvalue weighted by Gasteiger charge is 2.09. The summed E-state index contributed by atoms with van der Waals surface area (Å²) in [6, 6.07) is 11.8. The number of benzene rings is 2. The smallest absolute Gasteiger partial charge is 0.255 e. The van der Waals surface area contributed by atoms with Gasteiger partial charge < -0.3 is 15.5 Å². The van der Waals surface area contributed by atoms with Crippen LogP contribution in [0.3, 0.4) is 0 Å². The van der Waals surface area contributed by atoms with Gasteiger partial charge in [-0.1, -0.05) is 0 Å². The molecule has 2 aromatic rings. The summed E-state index contributed by atoms with van der Waals surface area (Å²) in [7, 11) is 0. The molecule has 0 aliphatic carbocycles. The number of hydrogen-bond donors (Lipinski definition) is 3. The molecule has 2 aromatic carbocycles. The number of carbonyl (C=O) groups is 1. The average molecular weight is 254 g/mol. The van der Waals surface area contributed by atoms with Crippen molar-refractivity contribution in [1.29, 1.82) is 5.26 Å². The molecule has 5 nitrogen and oxygen atoms in total. The summed E-state index contributed by atoms with van der Waals surface area (Å²) in [6.45, 7) is 0. The fraction of sp³-hybridized carbons (Fsp3) is 0. The lowest BCUT2D eigenvalue weighted by Gasteiger charge is -2.06. The third-order valence-electron chi connectivity index (χ3n) is 2.43. The largest absolute Gasteiger partial charge is 0.508 e. The van der Waals surface area contributed by atoms with Crippen molar-refractivity contribution in [2.75, 3.05) is 5.32 Å². The molecule has 0 aliphatic rings. The quantitative estimate of drug-likeness (QED) is 0.716. The minimum atomic E-state index is -0.446. The van der Waals surface area contributed by atoms with Crippen LogP contribution in [-0.2, 0) is 0 Å². The van der Waals surface area contributed by atoms with E-state index in [1.165, 1.54) is 30.3 Å². The standard InChI is InChI=1S/C14H10N2O3/c15-8-9-5-10(7-13(18)6-9)14(19)16-11-1-3-12(17)4-2-11/h1-7,17-18H,(H,16,19). The van der Waals surface area contributed by atoms with Crippen molar-refractivity contribution < 1.29 is 15.0 Å². The van der Waals surface area contributed by atoms with Crippen LogP contribution in [-0.4, -0.2) is 16.1 Å². The zero-order chi connectivity index (χ0) is 13.8. The highest BCUT2D eigenvalue weighted by atomic mass is 16.3. The fourth-order valence-electron chi connectivity index (χ4n) is 1.55. The second kappa shape index (κ2) is 5.10. The maximum absolute atomic E-state index is 11.9. The van der Waals surface area contributed by atoms with E-state index in [-0.39, 0.29) is 22.6 Å². The van der Waals surface area contributed by atoms with Crippen molar-refractivity contribution >= 4 is 11.6 Å². The molecule has 0 unspecified atom stereocenters. The Balaban J connectivity index is 2.23. The zero-order valence-electron chi connectivity index (χ0n) is 9.79. The van der Waals surface area contributed by atoms with E-state index in [1.54, 1.807) is 12.1 Å². The Morgan fingerprint density at radius 1 is 1.05 bits per heavy atom. The lowest BCUT2D eigenvalue weighted by atomic mass is 10.1. The SMILES string of the molecule is N#Cc1cc(O)cc(C(=O)Nc2ccc(O)cc2)c1. The van der Waals surface area contributed by atoms with Gasteiger partial charge >= 0.3 is 0 Å². The van der Waals surface area contributed by atoms with E-state index in [0.717, 1.165) is 0 Å². The van der Waals surface area contributed by atoms with Crippen molar-refractivity contribution in [3.63, 3.8) is 0 Å². The first kappa shape index (κ1) is 12.5. The summed E-state index contributed by atoms with van der Waals surface area (Å²) >= 11 is 0. The van der Waals surface area contributed by atoms with E-state index in [2.05, 4.69) is 5.32 Å². The molecule has 0 radical (unpaired) electrons. The number of aromatic hydroxyl groups is 2. The van der Waals surface area contributed by atoms with Crippen molar-refractivity contribution in [2.45, 2.75) is 0 Å². The molecule has 94 valence electrons. The molecule has 0 atom stereocenters. The molecule has 0 fully saturated rings. The molecular weight excluding hydrogens is 244 g/mol. The van der Waals surface area contributed by atoms with Crippen LogP contribution in [0.2, 0.25) is 0 Å². The van der Waals surface area contributed by atoms with E-state index in [9.17, 15) is 9.90 Å². The number of phenolic OH excluding ortho intramolecular Hbond substituents is 2. The predicted molar refractivity (Wildman–Crippen MR) is 68.9 cm³/mol. The van der Waals surface area contributed by atoms with Gasteiger partial charge in [0.15, 0.2) is 0 Å². The van der Waals surface area contributed by atoms with Crippen molar-refractivity contribution in [2.24, 2.45) is 0 Å². The summed E-state index contributed by atoms with van der Waals surface area (Å²) in [5, 5.41) is 29.9. The van der Waals surface area contributed by atoms with Gasteiger partial charge in [0, 0.05) is 11.3 Å². The highest BCUT2D eigenvalue weighted by Crippen LogP contribution is 2.18. The summed E-state index contributed by atoms with van der Waals surface area (Å²) < 4.78 is 0. The number of nitrogens with zero attached hydrogens (tertiary/aromatic N) is 1. The number of anilines is 1. The first-order valence-electron chi connectivity index (χ1n) is 5.43. The molecule has 0 aliphatic heterocycles. The molecule has 0 heterocycles. The van der Waals surface area contributed by atoms with E-state index in [1.807, 2.05) is 6.07 Å². The Morgan fingerprint density at radius 2 is 1.74 bits per heavy atom. The van der Waals surface area contributed by atoms with Crippen LogP contribution in [0.25, 0.3) is 0 Å². The highest BCUT2D eigenvalue weighted by molar-refractivity contribution is 6.04. The van der Waals surface area contributed by atoms with Crippen molar-refractivity contribution in [3.8, 4) is 17.6 Å². The fourth-order valence-corrected chi connectivity index (χ4v) is 1.55. The Bertz CT molecular complexity index is 657. The topological polar surface area (TPSA) is 93.3 Å². The zero-order valence-corrected chi connectivity index (χ0v) is 9.79. The van der Waals surface area contributed by atoms with Gasteiger partial charge in [0.05, 0.1) is 11.6 Å². The number of nitriles is 1. The van der Waals surface area contributed by atoms with Crippen LogP contribution in [0.4, 0.5) is 5.69 Å². The maximum atomic E-state index is 11.9. The predicted octanol–water partition coefficient (Wildman–Crippen LogP) is 2.22. The molecule has 0 saturated carbocycles. The number of carbonyl (C=O) groups excluding carboxylic acids is 1. The first-order valence-corrected chi connectivity index (χ1v) is 5.43. The monoisotopic (exact) mass is 254 g/mol. The summed E-state index contributed by atoms with van der Waals surface area (Å²) in [5.41, 5.74) is 0.894. The third kappa shape index (κ3) is 3.01. The Labute approximate surface area is 109 Å². The molecule has 2 rings (SSSR count). The van der Waals surface area contributed by atoms with Crippen LogP contribution in [0.5, 0.6) is 11.5 Å². The number of amides is 1. The number of nitrogens with one attached hydrogen (secondary N) is 1. The minimum Gasteiger partial charge on any atom is -0.508 e. The second-order valence-corrected chi connectivity index (χ2v) is 3.88. The Kier molecular flexibility index (Phi) is 3.35. The van der Waals surface area contributed by atoms with Crippen LogP contribution >= 0.6 is 0 Å². The van der Waals surface area contributed by atoms with E-state index in [4.69, 9.17) is 10.4 Å². The molecule has 19 heavy (non-hydrogen) atoms. The lowest BCUT2D eigenvalue weighted by molar-refractivity contribution is 0.102. The first-order chi connectivity index (χ1) is 9.08. The number of hydrogen-bond acceptors (Lipinski definition) is 4. The van der Waals surface area contributed by atoms with Crippen molar-refractivity contribution in [3.05, 3.63) is 53.6 Å². The molecular formula is C14H10N2O3. The van der Waals surface area contributed by atoms with Gasteiger partial charge in [-0.25, -0.2) is 0 Å². The molecule has 1 amide bonds. The molecule has 0 aromatic heterocycles. The molecule has 0 bridgehead atoms. The van der Waals surface area contributed by atoms with Gasteiger partial charge in [-0.05, 0) is 42.5 Å². The van der Waals surface area contributed by atoms with Gasteiger partial charge in [-0.15, -0.1) is 0 Å². The van der Waals surface area contributed by atoms with Gasteiger partial charge in [0.2, 0.25) is 0 Å². The summed E-state index contributed by atoms with van der Waals surface area (Å²) in [5.74, 6) is -0.491. The van der Waals surface area contributed by atoms with Gasteiger partial charge in [-0.2, -0.15) is 5.26 Å². The molecule has 3 N–H and O–H groups in total. The van der Waals surface area contributed by atoms with Crippen LogP contribution in [0, 0.1) is 11.3 Å². The third-order valence-corrected chi connectivity index (χ3v) is 2.43. The normalized spacial score (nSPS) is 9.63. The second-order valence-electron chi connectivity index (χ2n) is 3.88. The Morgan fingerprint density at radius 3 is 2.37 bits per heavy atom. The van der Waals surface area contributed by atoms with Gasteiger partial charge in [-0.3, -0.25) is 4.79 Å². The average Bonchev–Trinajstić information content (AvgIpc) is 2.40. The van der Waals surface area contributed by atoms with Crippen LogP contribution < -0.4 is 5.32 Å². The maximum Gasteiger partial charge on any atom is 0.255 e. The van der Waals surface area contributed by atoms with Gasteiger partial charge in [0.25, 0.3) is 5.91 Å². The van der Waals surface area contributed by atoms with E-state index >= 15 is 0 Å². The van der Waals surface area contributed by atoms with E-state index < -0.39 is 5.91 Å². The number of phenols is 2. The van der Waals surface area contributed by atoms with Crippen molar-refractivity contribution in [1.82, 2.24) is 0 Å². The summed E-state index contributed by atoms with van der Waals surface area (Å²) in [4.78, 5) is 11.9. The number of rotatable bonds is 2. The van der Waals surface area contributed by atoms with Gasteiger partial charge in [0.1, 0.15) is 11.5 Å². The Hall–Kier alpha value is -3.00.